The predicted molar refractivity (Wildman–Crippen MR) is 91.4 cm³/mol. The van der Waals surface area contributed by atoms with Gasteiger partial charge in [0, 0.05) is 25.0 Å². The first-order valence-corrected chi connectivity index (χ1v) is 7.66. The number of hydrogen-bond acceptors (Lipinski definition) is 7. The fourth-order valence-electron chi connectivity index (χ4n) is 2.38. The molecule has 25 heavy (non-hydrogen) atoms. The molecule has 3 rings (SSSR count). The molecule has 0 fully saturated rings. The minimum absolute atomic E-state index is 0.00158. The number of pyridine rings is 2. The molecule has 0 saturated heterocycles. The van der Waals surface area contributed by atoms with E-state index in [0.717, 1.165) is 12.2 Å². The number of amides is 1. The largest absolute Gasteiger partial charge is 0.330 e. The number of tetrazole rings is 1. The van der Waals surface area contributed by atoms with Crippen LogP contribution in [-0.4, -0.2) is 61.6 Å². The van der Waals surface area contributed by atoms with E-state index in [2.05, 4.69) is 30.9 Å². The summed E-state index contributed by atoms with van der Waals surface area (Å²) in [5.74, 6) is -0.584. The van der Waals surface area contributed by atoms with E-state index in [1.807, 2.05) is 30.5 Å². The number of nitrogens with one attached hydrogen (secondary N) is 2. The van der Waals surface area contributed by atoms with E-state index in [9.17, 15) is 9.59 Å². The molecule has 1 amide bonds. The van der Waals surface area contributed by atoms with Gasteiger partial charge < -0.3 is 9.47 Å². The van der Waals surface area contributed by atoms with Crippen molar-refractivity contribution >= 4 is 22.9 Å². The quantitative estimate of drug-likeness (QED) is 0.671. The van der Waals surface area contributed by atoms with Gasteiger partial charge in [0.2, 0.25) is 5.43 Å². The Morgan fingerprint density at radius 3 is 2.84 bits per heavy atom. The van der Waals surface area contributed by atoms with Crippen molar-refractivity contribution in [3.05, 3.63) is 39.8 Å². The molecule has 0 radical (unpaired) electrons. The number of carbonyl (C=O) groups excluding carboxylic acids is 1. The number of aryl methyl sites for hydroxylation is 1. The van der Waals surface area contributed by atoms with Gasteiger partial charge in [0.25, 0.3) is 11.9 Å². The lowest BCUT2D eigenvalue weighted by atomic mass is 10.1. The average Bonchev–Trinajstić information content (AvgIpc) is 3.06. The summed E-state index contributed by atoms with van der Waals surface area (Å²) in [5.41, 5.74) is 0.976. The third-order valence-electron chi connectivity index (χ3n) is 3.66. The Labute approximate surface area is 142 Å². The molecule has 0 spiro atoms. The number of aromatic amines is 1. The van der Waals surface area contributed by atoms with Gasteiger partial charge in [-0.2, -0.15) is 5.21 Å². The zero-order valence-corrected chi connectivity index (χ0v) is 14.1. The maximum Gasteiger partial charge on any atom is 0.270 e. The Hall–Kier alpha value is -3.14. The highest BCUT2D eigenvalue weighted by Gasteiger charge is 2.17. The molecular weight excluding hydrogens is 324 g/mol. The SMILES string of the molecule is Cc1ccc2c(=O)c(C(=O)Nc3nn[nH]n3)cn(CCN(C)C)c2n1. The zero-order valence-electron chi connectivity index (χ0n) is 14.1. The van der Waals surface area contributed by atoms with Crippen molar-refractivity contribution in [3.63, 3.8) is 0 Å². The van der Waals surface area contributed by atoms with Crippen LogP contribution in [0.25, 0.3) is 11.0 Å². The van der Waals surface area contributed by atoms with Gasteiger partial charge in [-0.1, -0.05) is 5.10 Å². The second-order valence-corrected chi connectivity index (χ2v) is 5.88. The van der Waals surface area contributed by atoms with Crippen LogP contribution in [0.2, 0.25) is 0 Å². The molecule has 2 N–H and O–H groups in total. The molecule has 0 aliphatic heterocycles. The third kappa shape index (κ3) is 3.53. The van der Waals surface area contributed by atoms with E-state index in [4.69, 9.17) is 0 Å². The van der Waals surface area contributed by atoms with Crippen molar-refractivity contribution in [2.75, 3.05) is 26.0 Å². The van der Waals surface area contributed by atoms with Gasteiger partial charge in [0.15, 0.2) is 0 Å². The van der Waals surface area contributed by atoms with Crippen molar-refractivity contribution in [2.24, 2.45) is 0 Å². The summed E-state index contributed by atoms with van der Waals surface area (Å²) in [6, 6.07) is 3.44. The fourth-order valence-corrected chi connectivity index (χ4v) is 2.38. The van der Waals surface area contributed by atoms with Crippen LogP contribution in [0, 0.1) is 6.92 Å². The maximum absolute atomic E-state index is 12.7. The number of anilines is 1. The van der Waals surface area contributed by atoms with Crippen LogP contribution in [-0.2, 0) is 6.54 Å². The number of carbonyl (C=O) groups is 1. The van der Waals surface area contributed by atoms with Gasteiger partial charge >= 0.3 is 0 Å². The minimum Gasteiger partial charge on any atom is -0.330 e. The molecule has 0 saturated carbocycles. The Bertz CT molecular complexity index is 962. The Balaban J connectivity index is 2.08. The van der Waals surface area contributed by atoms with Gasteiger partial charge in [0.1, 0.15) is 11.2 Å². The van der Waals surface area contributed by atoms with Gasteiger partial charge in [-0.05, 0) is 38.4 Å². The first-order valence-electron chi connectivity index (χ1n) is 7.66. The zero-order chi connectivity index (χ0) is 18.0. The first kappa shape index (κ1) is 16.7. The molecule has 0 aromatic carbocycles. The van der Waals surface area contributed by atoms with Crippen molar-refractivity contribution in [1.29, 1.82) is 0 Å². The van der Waals surface area contributed by atoms with Gasteiger partial charge in [-0.25, -0.2) is 4.98 Å². The smallest absolute Gasteiger partial charge is 0.270 e. The highest BCUT2D eigenvalue weighted by molar-refractivity contribution is 6.04. The molecule has 0 atom stereocenters. The highest BCUT2D eigenvalue weighted by atomic mass is 16.2. The number of nitrogens with zero attached hydrogens (tertiary/aromatic N) is 6. The minimum atomic E-state index is -0.590. The molecule has 130 valence electrons. The van der Waals surface area contributed by atoms with Crippen LogP contribution in [0.5, 0.6) is 0 Å². The Kier molecular flexibility index (Phi) is 4.52. The second kappa shape index (κ2) is 6.77. The number of hydrogen-bond donors (Lipinski definition) is 2. The van der Waals surface area contributed by atoms with E-state index in [1.165, 1.54) is 6.20 Å². The van der Waals surface area contributed by atoms with Crippen LogP contribution >= 0.6 is 0 Å². The standard InChI is InChI=1S/C15H18N8O2/c1-9-4-5-10-12(24)11(14(25)17-15-18-20-21-19-15)8-23(13(10)16-9)7-6-22(2)3/h4-5,8H,6-7H2,1-3H3,(H2,17,18,19,20,21,25). The fraction of sp³-hybridized carbons (Fsp3) is 0.333. The van der Waals surface area contributed by atoms with Crippen LogP contribution in [0.4, 0.5) is 5.95 Å². The predicted octanol–water partition coefficient (Wildman–Crippen LogP) is 0.0319. The van der Waals surface area contributed by atoms with Crippen molar-refractivity contribution in [3.8, 4) is 0 Å². The highest BCUT2D eigenvalue weighted by Crippen LogP contribution is 2.12. The molecule has 0 bridgehead atoms. The first-order chi connectivity index (χ1) is 12.0. The van der Waals surface area contributed by atoms with E-state index in [1.54, 1.807) is 12.1 Å². The lowest BCUT2D eigenvalue weighted by molar-refractivity contribution is 0.102. The number of likely N-dealkylation sites (N-methyl/N-ethyl adjacent to an activating group) is 1. The summed E-state index contributed by atoms with van der Waals surface area (Å²) in [6.45, 7) is 3.18. The van der Waals surface area contributed by atoms with Crippen LogP contribution in [0.15, 0.2) is 23.1 Å². The molecule has 3 heterocycles. The van der Waals surface area contributed by atoms with Crippen molar-refractivity contribution < 1.29 is 4.79 Å². The molecule has 3 aromatic rings. The lowest BCUT2D eigenvalue weighted by Gasteiger charge is -2.15. The second-order valence-electron chi connectivity index (χ2n) is 5.88. The molecule has 3 aromatic heterocycles. The summed E-state index contributed by atoms with van der Waals surface area (Å²) < 4.78 is 1.81. The van der Waals surface area contributed by atoms with Gasteiger partial charge in [-0.15, -0.1) is 5.10 Å². The Morgan fingerprint density at radius 1 is 1.36 bits per heavy atom. The summed E-state index contributed by atoms with van der Waals surface area (Å²) in [7, 11) is 3.90. The summed E-state index contributed by atoms with van der Waals surface area (Å²) >= 11 is 0. The summed E-state index contributed by atoms with van der Waals surface area (Å²) in [5, 5.41) is 15.8. The average molecular weight is 342 g/mol. The van der Waals surface area contributed by atoms with Gasteiger partial charge in [-0.3, -0.25) is 14.9 Å². The monoisotopic (exact) mass is 342 g/mol. The third-order valence-corrected chi connectivity index (χ3v) is 3.66. The number of fused-ring (bicyclic) bond motifs is 1. The van der Waals surface area contributed by atoms with E-state index >= 15 is 0 Å². The summed E-state index contributed by atoms with van der Waals surface area (Å²) in [6.07, 6.45) is 1.52. The van der Waals surface area contributed by atoms with Gasteiger partial charge in [0.05, 0.1) is 5.39 Å². The number of aromatic nitrogens is 6. The molecule has 10 heteroatoms. The van der Waals surface area contributed by atoms with Crippen molar-refractivity contribution in [2.45, 2.75) is 13.5 Å². The number of rotatable bonds is 5. The van der Waals surface area contributed by atoms with Crippen LogP contribution in [0.1, 0.15) is 16.1 Å². The topological polar surface area (TPSA) is 122 Å². The normalized spacial score (nSPS) is 11.2. The number of H-pyrrole nitrogens is 1. The lowest BCUT2D eigenvalue weighted by Crippen LogP contribution is -2.26. The molecule has 0 unspecified atom stereocenters. The molecule has 10 nitrogen and oxygen atoms in total. The van der Waals surface area contributed by atoms with Crippen LogP contribution < -0.4 is 10.7 Å². The van der Waals surface area contributed by atoms with E-state index in [0.29, 0.717) is 17.6 Å². The molecule has 0 aliphatic rings. The van der Waals surface area contributed by atoms with E-state index < -0.39 is 5.91 Å². The molecular formula is C15H18N8O2. The Morgan fingerprint density at radius 2 is 2.16 bits per heavy atom. The summed E-state index contributed by atoms with van der Waals surface area (Å²) in [4.78, 5) is 31.6. The van der Waals surface area contributed by atoms with Crippen molar-refractivity contribution in [1.82, 2.24) is 35.1 Å². The van der Waals surface area contributed by atoms with E-state index in [-0.39, 0.29) is 16.9 Å². The van der Waals surface area contributed by atoms with Crippen LogP contribution in [0.3, 0.4) is 0 Å². The molecule has 0 aliphatic carbocycles. The maximum atomic E-state index is 12.7.